The van der Waals surface area contributed by atoms with Gasteiger partial charge in [0.2, 0.25) is 5.95 Å². The molecule has 3 rings (SSSR count). The number of nitrogens with one attached hydrogen (secondary N) is 1. The Balaban J connectivity index is 1.73. The molecule has 0 saturated carbocycles. The Hall–Kier alpha value is -3.03. The van der Waals surface area contributed by atoms with E-state index in [1.54, 1.807) is 6.07 Å². The van der Waals surface area contributed by atoms with E-state index in [2.05, 4.69) is 20.0 Å². The van der Waals surface area contributed by atoms with E-state index in [0.717, 1.165) is 24.9 Å². The maximum absolute atomic E-state index is 13.6. The average Bonchev–Trinajstić information content (AvgIpc) is 3.17. The maximum atomic E-state index is 13.6. The van der Waals surface area contributed by atoms with Crippen LogP contribution in [-0.4, -0.2) is 41.5 Å². The number of esters is 1. The van der Waals surface area contributed by atoms with E-state index in [1.807, 2.05) is 11.0 Å². The SMILES string of the molecule is COC(=O)C(C)NC(=O)c1cnc(N2CCCC2c2cccc(F)c2)nc1. The predicted octanol–water partition coefficient (Wildman–Crippen LogP) is 2.25. The van der Waals surface area contributed by atoms with E-state index in [0.29, 0.717) is 5.95 Å². The molecule has 1 amide bonds. The Morgan fingerprint density at radius 1 is 1.33 bits per heavy atom. The molecule has 2 aromatic rings. The first-order valence-electron chi connectivity index (χ1n) is 8.72. The van der Waals surface area contributed by atoms with Crippen LogP contribution in [0.2, 0.25) is 0 Å². The van der Waals surface area contributed by atoms with E-state index in [-0.39, 0.29) is 17.4 Å². The topological polar surface area (TPSA) is 84.4 Å². The maximum Gasteiger partial charge on any atom is 0.328 e. The lowest BCUT2D eigenvalue weighted by molar-refractivity contribution is -0.142. The van der Waals surface area contributed by atoms with Gasteiger partial charge in [0.05, 0.1) is 18.7 Å². The van der Waals surface area contributed by atoms with Gasteiger partial charge in [-0.3, -0.25) is 4.79 Å². The standard InChI is InChI=1S/C19H21FN4O3/c1-12(18(26)27-2)23-17(25)14-10-21-19(22-11-14)24-8-4-7-16(24)13-5-3-6-15(20)9-13/h3,5-6,9-12,16H,4,7-8H2,1-2H3,(H,23,25). The van der Waals surface area contributed by atoms with Crippen molar-refractivity contribution in [1.82, 2.24) is 15.3 Å². The minimum absolute atomic E-state index is 0.000256. The van der Waals surface area contributed by atoms with Gasteiger partial charge < -0.3 is 15.0 Å². The molecule has 2 heterocycles. The quantitative estimate of drug-likeness (QED) is 0.811. The third-order valence-corrected chi connectivity index (χ3v) is 4.55. The van der Waals surface area contributed by atoms with Gasteiger partial charge in [0.15, 0.2) is 0 Å². The van der Waals surface area contributed by atoms with Crippen molar-refractivity contribution in [3.8, 4) is 0 Å². The largest absolute Gasteiger partial charge is 0.467 e. The second kappa shape index (κ2) is 8.11. The van der Waals surface area contributed by atoms with E-state index in [1.165, 1.54) is 38.6 Å². The monoisotopic (exact) mass is 372 g/mol. The van der Waals surface area contributed by atoms with Crippen LogP contribution in [0.15, 0.2) is 36.7 Å². The summed E-state index contributed by atoms with van der Waals surface area (Å²) in [5, 5.41) is 2.53. The highest BCUT2D eigenvalue weighted by Crippen LogP contribution is 2.34. The number of hydrogen-bond acceptors (Lipinski definition) is 6. The third kappa shape index (κ3) is 4.21. The lowest BCUT2D eigenvalue weighted by Gasteiger charge is -2.25. The van der Waals surface area contributed by atoms with Crippen molar-refractivity contribution < 1.29 is 18.7 Å². The van der Waals surface area contributed by atoms with E-state index >= 15 is 0 Å². The number of hydrogen-bond donors (Lipinski definition) is 1. The zero-order valence-electron chi connectivity index (χ0n) is 15.2. The van der Waals surface area contributed by atoms with E-state index in [4.69, 9.17) is 0 Å². The van der Waals surface area contributed by atoms with Crippen LogP contribution in [0.5, 0.6) is 0 Å². The van der Waals surface area contributed by atoms with Crippen molar-refractivity contribution in [2.75, 3.05) is 18.6 Å². The van der Waals surface area contributed by atoms with Crippen molar-refractivity contribution in [2.24, 2.45) is 0 Å². The number of rotatable bonds is 5. The zero-order chi connectivity index (χ0) is 19.4. The fraction of sp³-hybridized carbons (Fsp3) is 0.368. The molecule has 0 spiro atoms. The van der Waals surface area contributed by atoms with Crippen LogP contribution in [0.1, 0.15) is 41.7 Å². The molecule has 2 atom stereocenters. The number of halogens is 1. The normalized spacial score (nSPS) is 17.4. The van der Waals surface area contributed by atoms with Gasteiger partial charge in [-0.15, -0.1) is 0 Å². The molecule has 1 aromatic carbocycles. The Labute approximate surface area is 156 Å². The number of carbonyl (C=O) groups excluding carboxylic acids is 2. The summed E-state index contributed by atoms with van der Waals surface area (Å²) in [7, 11) is 1.26. The summed E-state index contributed by atoms with van der Waals surface area (Å²) in [4.78, 5) is 34.2. The minimum Gasteiger partial charge on any atom is -0.467 e. The number of nitrogens with zero attached hydrogens (tertiary/aromatic N) is 3. The van der Waals surface area contributed by atoms with Crippen molar-refractivity contribution in [2.45, 2.75) is 31.8 Å². The van der Waals surface area contributed by atoms with Crippen LogP contribution in [0, 0.1) is 5.82 Å². The van der Waals surface area contributed by atoms with Crippen LogP contribution < -0.4 is 10.2 Å². The van der Waals surface area contributed by atoms with Gasteiger partial charge in [-0.25, -0.2) is 19.2 Å². The molecule has 1 aliphatic rings. The first-order chi connectivity index (χ1) is 13.0. The van der Waals surface area contributed by atoms with Gasteiger partial charge in [-0.1, -0.05) is 12.1 Å². The number of amides is 1. The Kier molecular flexibility index (Phi) is 5.63. The van der Waals surface area contributed by atoms with Gasteiger partial charge in [-0.2, -0.15) is 0 Å². The second-order valence-electron chi connectivity index (χ2n) is 6.40. The van der Waals surface area contributed by atoms with Gasteiger partial charge in [0.1, 0.15) is 11.9 Å². The first kappa shape index (κ1) is 18.8. The molecule has 8 heteroatoms. The summed E-state index contributed by atoms with van der Waals surface area (Å²) in [5.74, 6) is -0.773. The summed E-state index contributed by atoms with van der Waals surface area (Å²) < 4.78 is 18.1. The van der Waals surface area contributed by atoms with Crippen LogP contribution in [0.25, 0.3) is 0 Å². The highest BCUT2D eigenvalue weighted by Gasteiger charge is 2.28. The summed E-state index contributed by atoms with van der Waals surface area (Å²) in [6.07, 6.45) is 4.67. The molecule has 1 saturated heterocycles. The van der Waals surface area contributed by atoms with Crippen LogP contribution in [0.3, 0.4) is 0 Å². The molecule has 27 heavy (non-hydrogen) atoms. The molecular formula is C19H21FN4O3. The van der Waals surface area contributed by atoms with E-state index in [9.17, 15) is 14.0 Å². The van der Waals surface area contributed by atoms with Crippen LogP contribution in [-0.2, 0) is 9.53 Å². The van der Waals surface area contributed by atoms with Crippen molar-refractivity contribution >= 4 is 17.8 Å². The van der Waals surface area contributed by atoms with Gasteiger partial charge in [-0.05, 0) is 37.5 Å². The van der Waals surface area contributed by atoms with Gasteiger partial charge in [0.25, 0.3) is 5.91 Å². The van der Waals surface area contributed by atoms with Crippen molar-refractivity contribution in [3.05, 3.63) is 53.6 Å². The molecule has 1 aliphatic heterocycles. The summed E-state index contributed by atoms with van der Waals surface area (Å²) in [6.45, 7) is 2.29. The lowest BCUT2D eigenvalue weighted by Crippen LogP contribution is -2.39. The van der Waals surface area contributed by atoms with Crippen molar-refractivity contribution in [3.63, 3.8) is 0 Å². The van der Waals surface area contributed by atoms with Gasteiger partial charge in [0, 0.05) is 18.9 Å². The second-order valence-corrected chi connectivity index (χ2v) is 6.40. The lowest BCUT2D eigenvalue weighted by atomic mass is 10.0. The molecule has 142 valence electrons. The third-order valence-electron chi connectivity index (χ3n) is 4.55. The van der Waals surface area contributed by atoms with Crippen LogP contribution in [0.4, 0.5) is 10.3 Å². The Morgan fingerprint density at radius 3 is 2.74 bits per heavy atom. The number of ether oxygens (including phenoxy) is 1. The number of benzene rings is 1. The van der Waals surface area contributed by atoms with Gasteiger partial charge >= 0.3 is 5.97 Å². The molecule has 1 N–H and O–H groups in total. The molecular weight excluding hydrogens is 351 g/mol. The molecule has 0 bridgehead atoms. The molecule has 2 unspecified atom stereocenters. The minimum atomic E-state index is -0.766. The summed E-state index contributed by atoms with van der Waals surface area (Å²) >= 11 is 0. The number of aromatic nitrogens is 2. The smallest absolute Gasteiger partial charge is 0.328 e. The number of carbonyl (C=O) groups is 2. The summed E-state index contributed by atoms with van der Waals surface area (Å²) in [5.41, 5.74) is 1.13. The average molecular weight is 372 g/mol. The zero-order valence-corrected chi connectivity index (χ0v) is 15.2. The molecule has 1 fully saturated rings. The molecule has 0 aliphatic carbocycles. The van der Waals surface area contributed by atoms with E-state index < -0.39 is 17.9 Å². The summed E-state index contributed by atoms with van der Waals surface area (Å²) in [6, 6.07) is 5.76. The van der Waals surface area contributed by atoms with Crippen LogP contribution >= 0.6 is 0 Å². The Morgan fingerprint density at radius 2 is 2.07 bits per heavy atom. The highest BCUT2D eigenvalue weighted by atomic mass is 19.1. The number of methoxy groups -OCH3 is 1. The molecule has 7 nitrogen and oxygen atoms in total. The molecule has 1 aromatic heterocycles. The predicted molar refractivity (Wildman–Crippen MR) is 96.7 cm³/mol. The Bertz CT molecular complexity index is 828. The fourth-order valence-electron chi connectivity index (χ4n) is 3.17. The number of anilines is 1. The fourth-order valence-corrected chi connectivity index (χ4v) is 3.17. The first-order valence-corrected chi connectivity index (χ1v) is 8.72. The molecule has 0 radical (unpaired) electrons. The highest BCUT2D eigenvalue weighted by molar-refractivity contribution is 5.96. The van der Waals surface area contributed by atoms with Crippen molar-refractivity contribution in [1.29, 1.82) is 0 Å².